The zero-order chi connectivity index (χ0) is 19.8. The second-order valence-corrected chi connectivity index (χ2v) is 6.59. The van der Waals surface area contributed by atoms with Crippen LogP contribution in [0, 0.1) is 5.82 Å². The number of carbonyl (C=O) groups excluding carboxylic acids is 2. The lowest BCUT2D eigenvalue weighted by Crippen LogP contribution is -2.51. The van der Waals surface area contributed by atoms with Gasteiger partial charge in [0.15, 0.2) is 6.61 Å². The average Bonchev–Trinajstić information content (AvgIpc) is 2.73. The molecule has 0 spiro atoms. The number of nitrogens with one attached hydrogen (secondary N) is 1. The fourth-order valence-electron chi connectivity index (χ4n) is 3.00. The van der Waals surface area contributed by atoms with Gasteiger partial charge in [-0.1, -0.05) is 18.2 Å². The van der Waals surface area contributed by atoms with Gasteiger partial charge in [-0.15, -0.1) is 0 Å². The minimum Gasteiger partial charge on any atom is -0.484 e. The molecule has 3 rings (SSSR count). The highest BCUT2D eigenvalue weighted by molar-refractivity contribution is 5.94. The van der Waals surface area contributed by atoms with Gasteiger partial charge in [0.2, 0.25) is 0 Å². The summed E-state index contributed by atoms with van der Waals surface area (Å²) in [5.41, 5.74) is 0.440. The van der Waals surface area contributed by atoms with Crippen molar-refractivity contribution >= 4 is 11.8 Å². The highest BCUT2D eigenvalue weighted by atomic mass is 19.1. The molecule has 148 valence electrons. The molecule has 28 heavy (non-hydrogen) atoms. The van der Waals surface area contributed by atoms with Gasteiger partial charge in [0, 0.05) is 44.8 Å². The molecule has 0 saturated carbocycles. The molecule has 0 aliphatic carbocycles. The van der Waals surface area contributed by atoms with Crippen LogP contribution in [0.3, 0.4) is 0 Å². The molecular formula is C21H24FN3O3. The van der Waals surface area contributed by atoms with E-state index in [4.69, 9.17) is 4.74 Å². The fourth-order valence-corrected chi connectivity index (χ4v) is 3.00. The van der Waals surface area contributed by atoms with Gasteiger partial charge in [-0.05, 0) is 36.4 Å². The first kappa shape index (κ1) is 19.8. The summed E-state index contributed by atoms with van der Waals surface area (Å²) in [4.78, 5) is 28.3. The molecular weight excluding hydrogens is 361 g/mol. The van der Waals surface area contributed by atoms with Gasteiger partial charge in [-0.25, -0.2) is 4.39 Å². The summed E-state index contributed by atoms with van der Waals surface area (Å²) in [5.74, 6) is 0.0875. The van der Waals surface area contributed by atoms with Crippen molar-refractivity contribution in [3.8, 4) is 5.75 Å². The summed E-state index contributed by atoms with van der Waals surface area (Å²) >= 11 is 0. The molecule has 1 aliphatic rings. The Labute approximate surface area is 163 Å². The van der Waals surface area contributed by atoms with E-state index in [0.29, 0.717) is 37.5 Å². The lowest BCUT2D eigenvalue weighted by atomic mass is 10.2. The van der Waals surface area contributed by atoms with Gasteiger partial charge in [0.25, 0.3) is 11.8 Å². The molecule has 0 unspecified atom stereocenters. The van der Waals surface area contributed by atoms with Gasteiger partial charge in [0.05, 0.1) is 0 Å². The van der Waals surface area contributed by atoms with Crippen molar-refractivity contribution in [2.45, 2.75) is 0 Å². The molecule has 0 aromatic heterocycles. The number of carbonyl (C=O) groups is 2. The van der Waals surface area contributed by atoms with E-state index in [1.165, 1.54) is 24.3 Å². The van der Waals surface area contributed by atoms with Crippen LogP contribution in [0.4, 0.5) is 4.39 Å². The summed E-state index contributed by atoms with van der Waals surface area (Å²) in [6, 6.07) is 14.8. The molecule has 1 heterocycles. The third-order valence-corrected chi connectivity index (χ3v) is 4.65. The predicted octanol–water partition coefficient (Wildman–Crippen LogP) is 1.78. The zero-order valence-electron chi connectivity index (χ0n) is 15.6. The van der Waals surface area contributed by atoms with Crippen molar-refractivity contribution in [2.24, 2.45) is 0 Å². The Morgan fingerprint density at radius 1 is 0.964 bits per heavy atom. The number of piperazine rings is 1. The lowest BCUT2D eigenvalue weighted by Gasteiger charge is -2.34. The summed E-state index contributed by atoms with van der Waals surface area (Å²) in [6.45, 7) is 4.03. The molecule has 0 bridgehead atoms. The number of halogens is 1. The Bertz CT molecular complexity index is 775. The molecule has 0 radical (unpaired) electrons. The standard InChI is InChI=1S/C21H24FN3O3/c22-18-8-6-17(7-9-18)21(27)23-10-11-24-12-14-25(15-13-24)20(26)16-28-19-4-2-1-3-5-19/h1-9H,10-16H2,(H,23,27). The molecule has 1 fully saturated rings. The van der Waals surface area contributed by atoms with Crippen LogP contribution in [0.25, 0.3) is 0 Å². The highest BCUT2D eigenvalue weighted by Crippen LogP contribution is 2.09. The second kappa shape index (κ2) is 9.85. The van der Waals surface area contributed by atoms with E-state index < -0.39 is 0 Å². The normalized spacial score (nSPS) is 14.5. The summed E-state index contributed by atoms with van der Waals surface area (Å²) in [6.07, 6.45) is 0. The minimum atomic E-state index is -0.363. The van der Waals surface area contributed by atoms with Crippen LogP contribution in [0.15, 0.2) is 54.6 Å². The second-order valence-electron chi connectivity index (χ2n) is 6.59. The average molecular weight is 385 g/mol. The molecule has 1 saturated heterocycles. The van der Waals surface area contributed by atoms with Gasteiger partial charge >= 0.3 is 0 Å². The monoisotopic (exact) mass is 385 g/mol. The summed E-state index contributed by atoms with van der Waals surface area (Å²) < 4.78 is 18.4. The van der Waals surface area contributed by atoms with E-state index in [9.17, 15) is 14.0 Å². The molecule has 7 heteroatoms. The maximum Gasteiger partial charge on any atom is 0.260 e. The maximum atomic E-state index is 12.9. The number of hydrogen-bond donors (Lipinski definition) is 1. The first-order chi connectivity index (χ1) is 13.6. The largest absolute Gasteiger partial charge is 0.484 e. The van der Waals surface area contributed by atoms with Gasteiger partial charge in [0.1, 0.15) is 11.6 Å². The predicted molar refractivity (Wildman–Crippen MR) is 104 cm³/mol. The van der Waals surface area contributed by atoms with Crippen molar-refractivity contribution in [3.05, 3.63) is 66.0 Å². The van der Waals surface area contributed by atoms with Crippen LogP contribution in [-0.4, -0.2) is 67.5 Å². The van der Waals surface area contributed by atoms with Gasteiger partial charge in [-0.3, -0.25) is 14.5 Å². The van der Waals surface area contributed by atoms with Crippen LogP contribution < -0.4 is 10.1 Å². The van der Waals surface area contributed by atoms with Crippen LogP contribution >= 0.6 is 0 Å². The van der Waals surface area contributed by atoms with Crippen molar-refractivity contribution in [1.82, 2.24) is 15.1 Å². The Morgan fingerprint density at radius 3 is 2.32 bits per heavy atom. The molecule has 2 aromatic rings. The van der Waals surface area contributed by atoms with Crippen molar-refractivity contribution < 1.29 is 18.7 Å². The number of benzene rings is 2. The van der Waals surface area contributed by atoms with E-state index in [2.05, 4.69) is 10.2 Å². The Kier molecular flexibility index (Phi) is 6.97. The first-order valence-electron chi connectivity index (χ1n) is 9.33. The Balaban J connectivity index is 1.33. The van der Waals surface area contributed by atoms with Crippen LogP contribution in [0.5, 0.6) is 5.75 Å². The van der Waals surface area contributed by atoms with Crippen molar-refractivity contribution in [3.63, 3.8) is 0 Å². The van der Waals surface area contributed by atoms with E-state index in [-0.39, 0.29) is 24.2 Å². The first-order valence-corrected chi connectivity index (χ1v) is 9.33. The van der Waals surface area contributed by atoms with E-state index in [1.807, 2.05) is 30.3 Å². The molecule has 1 N–H and O–H groups in total. The fraction of sp³-hybridized carbons (Fsp3) is 0.333. The number of ether oxygens (including phenoxy) is 1. The van der Waals surface area contributed by atoms with Gasteiger partial charge < -0.3 is 15.0 Å². The van der Waals surface area contributed by atoms with Crippen LogP contribution in [0.2, 0.25) is 0 Å². The number of para-hydroxylation sites is 1. The van der Waals surface area contributed by atoms with Crippen LogP contribution in [0.1, 0.15) is 10.4 Å². The molecule has 6 nitrogen and oxygen atoms in total. The SMILES string of the molecule is O=C(NCCN1CCN(C(=O)COc2ccccc2)CC1)c1ccc(F)cc1. The van der Waals surface area contributed by atoms with E-state index in [1.54, 1.807) is 4.90 Å². The van der Waals surface area contributed by atoms with Gasteiger partial charge in [-0.2, -0.15) is 0 Å². The zero-order valence-corrected chi connectivity index (χ0v) is 15.6. The summed E-state index contributed by atoms with van der Waals surface area (Å²) in [5, 5.41) is 2.83. The number of amides is 2. The number of nitrogens with zero attached hydrogens (tertiary/aromatic N) is 2. The Hall–Kier alpha value is -2.93. The maximum absolute atomic E-state index is 12.9. The lowest BCUT2D eigenvalue weighted by molar-refractivity contribution is -0.135. The Morgan fingerprint density at radius 2 is 1.64 bits per heavy atom. The van der Waals surface area contributed by atoms with E-state index >= 15 is 0 Å². The number of rotatable bonds is 7. The third-order valence-electron chi connectivity index (χ3n) is 4.65. The molecule has 1 aliphatic heterocycles. The quantitative estimate of drug-likeness (QED) is 0.789. The third kappa shape index (κ3) is 5.79. The minimum absolute atomic E-state index is 0.0203. The molecule has 0 atom stereocenters. The smallest absolute Gasteiger partial charge is 0.260 e. The number of hydrogen-bond acceptors (Lipinski definition) is 4. The van der Waals surface area contributed by atoms with Crippen molar-refractivity contribution in [2.75, 3.05) is 45.9 Å². The molecule has 2 aromatic carbocycles. The highest BCUT2D eigenvalue weighted by Gasteiger charge is 2.21. The van der Waals surface area contributed by atoms with Crippen LogP contribution in [-0.2, 0) is 4.79 Å². The summed E-state index contributed by atoms with van der Waals surface area (Å²) in [7, 11) is 0. The molecule has 2 amide bonds. The topological polar surface area (TPSA) is 61.9 Å². The van der Waals surface area contributed by atoms with E-state index in [0.717, 1.165) is 13.1 Å². The van der Waals surface area contributed by atoms with Crippen molar-refractivity contribution in [1.29, 1.82) is 0 Å².